The van der Waals surface area contributed by atoms with Crippen LogP contribution >= 0.6 is 11.6 Å². The molecule has 10 nitrogen and oxygen atoms in total. The van der Waals surface area contributed by atoms with E-state index in [0.29, 0.717) is 28.5 Å². The summed E-state index contributed by atoms with van der Waals surface area (Å²) in [7, 11) is 1.46. The van der Waals surface area contributed by atoms with Gasteiger partial charge >= 0.3 is 5.69 Å². The lowest BCUT2D eigenvalue weighted by Gasteiger charge is -2.18. The molecule has 1 aromatic heterocycles. The third-order valence-corrected chi connectivity index (χ3v) is 7.29. The number of hydrogen-bond acceptors (Lipinski definition) is 6. The van der Waals surface area contributed by atoms with Gasteiger partial charge in [0, 0.05) is 30.7 Å². The summed E-state index contributed by atoms with van der Waals surface area (Å²) in [6.45, 7) is 1.43. The molecule has 2 heterocycles. The molecule has 4 aromatic rings. The van der Waals surface area contributed by atoms with Crippen molar-refractivity contribution in [2.24, 2.45) is 0 Å². The molecule has 11 heteroatoms. The number of nitrogens with zero attached hydrogens (tertiary/aromatic N) is 3. The Hall–Kier alpha value is -4.41. The molecule has 212 valence electrons. The van der Waals surface area contributed by atoms with E-state index < -0.39 is 36.2 Å². The van der Waals surface area contributed by atoms with Gasteiger partial charge in [-0.25, -0.2) is 4.79 Å². The minimum absolute atomic E-state index is 0.0944. The summed E-state index contributed by atoms with van der Waals surface area (Å²) < 4.78 is 7.34. The fourth-order valence-corrected chi connectivity index (χ4v) is 5.30. The number of nitrogens with one attached hydrogen (secondary N) is 2. The van der Waals surface area contributed by atoms with Gasteiger partial charge in [-0.05, 0) is 42.3 Å². The summed E-state index contributed by atoms with van der Waals surface area (Å²) in [6, 6.07) is 21.3. The van der Waals surface area contributed by atoms with Gasteiger partial charge < -0.3 is 15.4 Å². The maximum Gasteiger partial charge on any atom is 0.332 e. The molecule has 5 rings (SSSR count). The van der Waals surface area contributed by atoms with Crippen molar-refractivity contribution in [2.45, 2.75) is 32.1 Å². The lowest BCUT2D eigenvalue weighted by Crippen LogP contribution is -2.46. The molecule has 1 unspecified atom stereocenters. The van der Waals surface area contributed by atoms with Gasteiger partial charge in [0.2, 0.25) is 11.8 Å². The molecule has 1 aliphatic heterocycles. The zero-order valence-electron chi connectivity index (χ0n) is 22.5. The Balaban J connectivity index is 1.33. The largest absolute Gasteiger partial charge is 0.495 e. The molecule has 1 fully saturated rings. The van der Waals surface area contributed by atoms with Crippen LogP contribution in [0.15, 0.2) is 82.4 Å². The molecule has 41 heavy (non-hydrogen) atoms. The Morgan fingerprint density at radius 3 is 2.46 bits per heavy atom. The van der Waals surface area contributed by atoms with Gasteiger partial charge in [-0.15, -0.1) is 0 Å². The zero-order chi connectivity index (χ0) is 28.9. The van der Waals surface area contributed by atoms with E-state index in [4.69, 9.17) is 16.3 Å². The monoisotopic (exact) mass is 575 g/mol. The average Bonchev–Trinajstić information content (AvgIpc) is 3.40. The van der Waals surface area contributed by atoms with Crippen molar-refractivity contribution in [1.29, 1.82) is 0 Å². The van der Waals surface area contributed by atoms with Crippen LogP contribution < -0.4 is 26.6 Å². The number of halogens is 1. The number of benzene rings is 3. The molecule has 0 bridgehead atoms. The highest BCUT2D eigenvalue weighted by Crippen LogP contribution is 2.27. The second-order valence-electron chi connectivity index (χ2n) is 9.94. The first-order valence-electron chi connectivity index (χ1n) is 13.2. The molecular weight excluding hydrogens is 546 g/mol. The highest BCUT2D eigenvalue weighted by Gasteiger charge is 2.25. The van der Waals surface area contributed by atoms with Gasteiger partial charge in [-0.1, -0.05) is 54.1 Å². The maximum absolute atomic E-state index is 13.5. The molecule has 0 aliphatic carbocycles. The number of hydrogen-bond donors (Lipinski definition) is 2. The van der Waals surface area contributed by atoms with E-state index in [1.807, 2.05) is 18.2 Å². The number of ether oxygens (including phenoxy) is 1. The Morgan fingerprint density at radius 2 is 1.68 bits per heavy atom. The number of carbonyl (C=O) groups excluding carboxylic acids is 2. The van der Waals surface area contributed by atoms with Crippen LogP contribution in [0.2, 0.25) is 5.02 Å². The summed E-state index contributed by atoms with van der Waals surface area (Å²) in [5, 5.41) is 6.29. The van der Waals surface area contributed by atoms with Gasteiger partial charge in [0.15, 0.2) is 0 Å². The minimum atomic E-state index is -0.755. The van der Waals surface area contributed by atoms with Crippen molar-refractivity contribution < 1.29 is 14.3 Å². The Morgan fingerprint density at radius 1 is 0.951 bits per heavy atom. The van der Waals surface area contributed by atoms with E-state index in [9.17, 15) is 19.2 Å². The number of anilines is 1. The Bertz CT molecular complexity index is 1700. The van der Waals surface area contributed by atoms with Crippen LogP contribution in [0.1, 0.15) is 12.0 Å². The van der Waals surface area contributed by atoms with Gasteiger partial charge in [0.1, 0.15) is 18.8 Å². The van der Waals surface area contributed by atoms with Crippen molar-refractivity contribution in [3.05, 3.63) is 104 Å². The van der Waals surface area contributed by atoms with Gasteiger partial charge in [0.25, 0.3) is 5.56 Å². The zero-order valence-corrected chi connectivity index (χ0v) is 23.3. The van der Waals surface area contributed by atoms with Crippen LogP contribution in [-0.2, 0) is 29.2 Å². The smallest absolute Gasteiger partial charge is 0.332 e. The van der Waals surface area contributed by atoms with Crippen molar-refractivity contribution in [3.8, 4) is 5.75 Å². The predicted molar refractivity (Wildman–Crippen MR) is 157 cm³/mol. The number of methoxy groups -OCH3 is 1. The molecule has 0 saturated carbocycles. The molecule has 0 radical (unpaired) electrons. The molecule has 2 N–H and O–H groups in total. The van der Waals surface area contributed by atoms with E-state index in [2.05, 4.69) is 27.7 Å². The van der Waals surface area contributed by atoms with Crippen molar-refractivity contribution in [1.82, 2.24) is 19.4 Å². The summed E-state index contributed by atoms with van der Waals surface area (Å²) >= 11 is 6.07. The van der Waals surface area contributed by atoms with Crippen LogP contribution in [-0.4, -0.2) is 52.1 Å². The lowest BCUT2D eigenvalue weighted by atomic mass is 10.2. The Labute approximate surface area is 241 Å². The van der Waals surface area contributed by atoms with Crippen LogP contribution in [0.5, 0.6) is 5.75 Å². The number of carbonyl (C=O) groups is 2. The van der Waals surface area contributed by atoms with Gasteiger partial charge in [-0.2, -0.15) is 0 Å². The highest BCUT2D eigenvalue weighted by atomic mass is 35.5. The molecular formula is C30H30ClN5O5. The maximum atomic E-state index is 13.5. The standard InChI is InChI=1S/C30H30ClN5O5/c1-41-26-12-11-21(31)15-24(26)33-28(38)18-35-25-10-6-5-9-23(25)29(39)36(30(35)40)19-27(37)32-22-13-14-34(17-22)16-20-7-3-2-4-8-20/h2-12,15,22H,13-14,16-19H2,1H3,(H,32,37)(H,33,38). The third-order valence-electron chi connectivity index (χ3n) is 7.06. The SMILES string of the molecule is COc1ccc(Cl)cc1NC(=O)Cn1c(=O)n(CC(=O)NC2CCN(Cc3ccccc3)C2)c(=O)c2ccccc21. The van der Waals surface area contributed by atoms with Crippen LogP contribution in [0.4, 0.5) is 5.69 Å². The van der Waals surface area contributed by atoms with Crippen LogP contribution in [0, 0.1) is 0 Å². The molecule has 1 atom stereocenters. The molecule has 3 aromatic carbocycles. The first kappa shape index (κ1) is 28.1. The Kier molecular flexibility index (Phi) is 8.51. The van der Waals surface area contributed by atoms with Crippen molar-refractivity contribution >= 4 is 40.0 Å². The van der Waals surface area contributed by atoms with Gasteiger partial charge in [-0.3, -0.25) is 28.4 Å². The summed E-state index contributed by atoms with van der Waals surface area (Å²) in [4.78, 5) is 55.1. The first-order valence-corrected chi connectivity index (χ1v) is 13.6. The summed E-state index contributed by atoms with van der Waals surface area (Å²) in [6.07, 6.45) is 0.766. The second kappa shape index (κ2) is 12.4. The first-order chi connectivity index (χ1) is 19.8. The van der Waals surface area contributed by atoms with E-state index >= 15 is 0 Å². The predicted octanol–water partition coefficient (Wildman–Crippen LogP) is 2.85. The second-order valence-corrected chi connectivity index (χ2v) is 10.4. The summed E-state index contributed by atoms with van der Waals surface area (Å²) in [5.74, 6) is -0.571. The number of rotatable bonds is 9. The lowest BCUT2D eigenvalue weighted by molar-refractivity contribution is -0.122. The fourth-order valence-electron chi connectivity index (χ4n) is 5.13. The van der Waals surface area contributed by atoms with Crippen molar-refractivity contribution in [2.75, 3.05) is 25.5 Å². The summed E-state index contributed by atoms with van der Waals surface area (Å²) in [5.41, 5.74) is 0.480. The molecule has 0 spiro atoms. The fraction of sp³-hybridized carbons (Fsp3) is 0.267. The number of likely N-dealkylation sites (tertiary alicyclic amines) is 1. The van der Waals surface area contributed by atoms with Gasteiger partial charge in [0.05, 0.1) is 23.7 Å². The minimum Gasteiger partial charge on any atom is -0.495 e. The average molecular weight is 576 g/mol. The molecule has 1 aliphatic rings. The quantitative estimate of drug-likeness (QED) is 0.317. The van der Waals surface area contributed by atoms with Crippen LogP contribution in [0.3, 0.4) is 0 Å². The normalized spacial score (nSPS) is 15.1. The number of amides is 2. The molecule has 1 saturated heterocycles. The van der Waals surface area contributed by atoms with E-state index in [1.54, 1.807) is 36.4 Å². The van der Waals surface area contributed by atoms with E-state index in [0.717, 1.165) is 24.1 Å². The highest BCUT2D eigenvalue weighted by molar-refractivity contribution is 6.31. The number of aromatic nitrogens is 2. The van der Waals surface area contributed by atoms with E-state index in [-0.39, 0.29) is 11.4 Å². The topological polar surface area (TPSA) is 115 Å². The number of para-hydroxylation sites is 1. The van der Waals surface area contributed by atoms with Crippen LogP contribution in [0.25, 0.3) is 10.9 Å². The molecule has 2 amide bonds. The van der Waals surface area contributed by atoms with E-state index in [1.165, 1.54) is 23.3 Å². The third kappa shape index (κ3) is 6.50. The number of fused-ring (bicyclic) bond motifs is 1. The van der Waals surface area contributed by atoms with Crippen molar-refractivity contribution in [3.63, 3.8) is 0 Å².